The van der Waals surface area contributed by atoms with Crippen LogP contribution in [0.15, 0.2) is 243 Å². The van der Waals surface area contributed by atoms with Gasteiger partial charge in [0.15, 0.2) is 0 Å². The predicted molar refractivity (Wildman–Crippen MR) is 274 cm³/mol. The number of anilines is 3. The van der Waals surface area contributed by atoms with Crippen molar-refractivity contribution in [1.29, 1.82) is 0 Å². The van der Waals surface area contributed by atoms with Gasteiger partial charge in [0.25, 0.3) is 0 Å². The number of aryl methyl sites for hydroxylation is 1. The monoisotopic (exact) mass is 827 g/mol. The minimum Gasteiger partial charge on any atom is -0.311 e. The van der Waals surface area contributed by atoms with Crippen molar-refractivity contribution >= 4 is 29.2 Å². The highest BCUT2D eigenvalue weighted by molar-refractivity contribution is 5.97. The molecule has 0 fully saturated rings. The molecule has 0 saturated heterocycles. The average Bonchev–Trinajstić information content (AvgIpc) is 3.84. The van der Waals surface area contributed by atoms with Crippen LogP contribution in [0.2, 0.25) is 0 Å². The van der Waals surface area contributed by atoms with Crippen molar-refractivity contribution in [2.45, 2.75) is 12.3 Å². The zero-order valence-corrected chi connectivity index (χ0v) is 36.2. The first kappa shape index (κ1) is 38.4. The fraction of sp³-hybridized carbons (Fsp3) is 0.0312. The second kappa shape index (κ2) is 15.8. The molecule has 0 radical (unpaired) electrons. The molecule has 65 heavy (non-hydrogen) atoms. The van der Waals surface area contributed by atoms with Crippen LogP contribution in [0.3, 0.4) is 0 Å². The van der Waals surface area contributed by atoms with Gasteiger partial charge in [-0.3, -0.25) is 0 Å². The summed E-state index contributed by atoms with van der Waals surface area (Å²) in [5.41, 5.74) is 24.3. The molecule has 2 aliphatic carbocycles. The van der Waals surface area contributed by atoms with Gasteiger partial charge in [0.1, 0.15) is 0 Å². The minimum absolute atomic E-state index is 0.477. The number of hydrogen-bond acceptors (Lipinski definition) is 1. The normalized spacial score (nSPS) is 12.8. The van der Waals surface area contributed by atoms with Crippen LogP contribution in [0.25, 0.3) is 67.8 Å². The molecule has 0 N–H and O–H groups in total. The van der Waals surface area contributed by atoms with E-state index in [9.17, 15) is 0 Å². The van der Waals surface area contributed by atoms with E-state index >= 15 is 0 Å². The van der Waals surface area contributed by atoms with Crippen molar-refractivity contribution in [3.05, 3.63) is 282 Å². The highest BCUT2D eigenvalue weighted by Gasteiger charge is 2.51. The van der Waals surface area contributed by atoms with Crippen LogP contribution < -0.4 is 4.90 Å². The third-order valence-electron chi connectivity index (χ3n) is 13.5. The average molecular weight is 828 g/mol. The zero-order valence-electron chi connectivity index (χ0n) is 36.2. The zero-order chi connectivity index (χ0) is 43.3. The molecule has 306 valence electrons. The van der Waals surface area contributed by atoms with Crippen molar-refractivity contribution in [1.82, 2.24) is 0 Å². The maximum Gasteiger partial charge on any atom is 0.0725 e. The van der Waals surface area contributed by atoms with Gasteiger partial charge in [-0.05, 0) is 163 Å². The summed E-state index contributed by atoms with van der Waals surface area (Å²) in [7, 11) is 0. The van der Waals surface area contributed by atoms with Crippen LogP contribution in [-0.4, -0.2) is 0 Å². The lowest BCUT2D eigenvalue weighted by Gasteiger charge is -2.31. The van der Waals surface area contributed by atoms with Crippen LogP contribution in [0.1, 0.15) is 38.9 Å². The van der Waals surface area contributed by atoms with E-state index in [0.717, 1.165) is 22.6 Å². The summed E-state index contributed by atoms with van der Waals surface area (Å²) in [5, 5.41) is 0. The Balaban J connectivity index is 0.969. The topological polar surface area (TPSA) is 3.24 Å². The van der Waals surface area contributed by atoms with Gasteiger partial charge >= 0.3 is 0 Å². The Morgan fingerprint density at radius 1 is 0.292 bits per heavy atom. The molecule has 0 amide bonds. The Morgan fingerprint density at radius 3 is 1.29 bits per heavy atom. The molecule has 0 aliphatic heterocycles. The fourth-order valence-electron chi connectivity index (χ4n) is 10.5. The second-order valence-electron chi connectivity index (χ2n) is 17.4. The first-order valence-electron chi connectivity index (χ1n) is 22.6. The van der Waals surface area contributed by atoms with E-state index in [0.29, 0.717) is 0 Å². The van der Waals surface area contributed by atoms with Crippen LogP contribution in [0, 0.1) is 6.92 Å². The Morgan fingerprint density at radius 2 is 0.708 bits per heavy atom. The quantitative estimate of drug-likeness (QED) is 0.138. The maximum atomic E-state index is 2.50. The molecule has 10 aromatic rings. The van der Waals surface area contributed by atoms with Crippen LogP contribution >= 0.6 is 0 Å². The van der Waals surface area contributed by atoms with Gasteiger partial charge in [0.2, 0.25) is 0 Å². The molecule has 2 aliphatic rings. The van der Waals surface area contributed by atoms with Gasteiger partial charge in [-0.15, -0.1) is 0 Å². The second-order valence-corrected chi connectivity index (χ2v) is 17.4. The Kier molecular flexibility index (Phi) is 9.35. The van der Waals surface area contributed by atoms with Gasteiger partial charge in [0.05, 0.1) is 5.41 Å². The van der Waals surface area contributed by atoms with Crippen LogP contribution in [-0.2, 0) is 5.41 Å². The van der Waals surface area contributed by atoms with E-state index in [2.05, 4.69) is 267 Å². The molecule has 10 aromatic carbocycles. The Bertz CT molecular complexity index is 3300. The number of rotatable bonds is 8. The number of nitrogens with zero attached hydrogens (tertiary/aromatic N) is 1. The van der Waals surface area contributed by atoms with Crippen molar-refractivity contribution < 1.29 is 0 Å². The van der Waals surface area contributed by atoms with E-state index in [1.807, 2.05) is 0 Å². The molecule has 0 atom stereocenters. The molecular weight excluding hydrogens is 783 g/mol. The van der Waals surface area contributed by atoms with E-state index < -0.39 is 5.41 Å². The summed E-state index contributed by atoms with van der Waals surface area (Å²) >= 11 is 0. The lowest BCUT2D eigenvalue weighted by molar-refractivity contribution is 0.794. The van der Waals surface area contributed by atoms with Crippen molar-refractivity contribution in [3.63, 3.8) is 0 Å². The third kappa shape index (κ3) is 6.55. The first-order valence-corrected chi connectivity index (χ1v) is 22.6. The molecule has 1 nitrogen and oxygen atoms in total. The largest absolute Gasteiger partial charge is 0.311 e. The highest BCUT2D eigenvalue weighted by Crippen LogP contribution is 2.63. The summed E-state index contributed by atoms with van der Waals surface area (Å²) in [6.45, 7) is 2.13. The molecule has 0 bridgehead atoms. The summed E-state index contributed by atoms with van der Waals surface area (Å²) in [4.78, 5) is 2.31. The number of hydrogen-bond donors (Lipinski definition) is 0. The molecule has 0 saturated carbocycles. The molecule has 0 unspecified atom stereocenters. The SMILES string of the molecule is Cc1ccc(N(c2ccccc2)c2ccc(/C=C/c3ccc4c(c3)C3(c5ccccc5-c5ccccc53)c3cc(-c5cc(-c6ccccc6)cc(-c6ccccc6)c5)ccc3-4)cc2)cc1. The van der Waals surface area contributed by atoms with Crippen LogP contribution in [0.5, 0.6) is 0 Å². The minimum atomic E-state index is -0.477. The number of benzene rings is 10. The summed E-state index contributed by atoms with van der Waals surface area (Å²) in [6, 6.07) is 89.3. The Hall–Kier alpha value is -8.26. The maximum absolute atomic E-state index is 2.50. The molecule has 0 aromatic heterocycles. The lowest BCUT2D eigenvalue weighted by atomic mass is 9.70. The Labute approximate surface area is 381 Å². The van der Waals surface area contributed by atoms with E-state index in [4.69, 9.17) is 0 Å². The smallest absolute Gasteiger partial charge is 0.0725 e. The highest BCUT2D eigenvalue weighted by atomic mass is 15.1. The van der Waals surface area contributed by atoms with Crippen molar-refractivity contribution in [3.8, 4) is 55.6 Å². The van der Waals surface area contributed by atoms with Gasteiger partial charge in [-0.2, -0.15) is 0 Å². The lowest BCUT2D eigenvalue weighted by Crippen LogP contribution is -2.26. The van der Waals surface area contributed by atoms with E-state index in [1.165, 1.54) is 89.0 Å². The summed E-state index contributed by atoms with van der Waals surface area (Å²) < 4.78 is 0. The standard InChI is InChI=1S/C64H45N/c1-44-25-33-54(34-26-44)65(53-19-9-4-10-20-53)55-35-29-45(30-36-55)27-28-46-31-37-58-59-38-32-49(52-41-50(47-15-5-2-6-16-47)40-51(42-52)48-17-7-3-8-18-48)43-63(59)64(62(58)39-46)60-23-13-11-21-56(60)57-22-12-14-24-61(57)64/h2-43H,1H3/b28-27+. The van der Waals surface area contributed by atoms with Gasteiger partial charge < -0.3 is 4.90 Å². The van der Waals surface area contributed by atoms with Crippen LogP contribution in [0.4, 0.5) is 17.1 Å². The molecule has 12 rings (SSSR count). The van der Waals surface area contributed by atoms with E-state index in [1.54, 1.807) is 0 Å². The molecule has 0 heterocycles. The first-order chi connectivity index (χ1) is 32.1. The van der Waals surface area contributed by atoms with Crippen molar-refractivity contribution in [2.24, 2.45) is 0 Å². The fourth-order valence-corrected chi connectivity index (χ4v) is 10.5. The summed E-state index contributed by atoms with van der Waals surface area (Å²) in [6.07, 6.45) is 4.52. The van der Waals surface area contributed by atoms with Gasteiger partial charge in [-0.1, -0.05) is 194 Å². The number of para-hydroxylation sites is 1. The van der Waals surface area contributed by atoms with Gasteiger partial charge in [0, 0.05) is 17.1 Å². The predicted octanol–water partition coefficient (Wildman–Crippen LogP) is 17.0. The molecule has 1 spiro atoms. The molecular formula is C64H45N. The molecule has 1 heteroatoms. The third-order valence-corrected chi connectivity index (χ3v) is 13.5. The van der Waals surface area contributed by atoms with Gasteiger partial charge in [-0.25, -0.2) is 0 Å². The number of fused-ring (bicyclic) bond motifs is 10. The summed E-state index contributed by atoms with van der Waals surface area (Å²) in [5.74, 6) is 0. The van der Waals surface area contributed by atoms with E-state index in [-0.39, 0.29) is 0 Å². The van der Waals surface area contributed by atoms with Crippen molar-refractivity contribution in [2.75, 3.05) is 4.90 Å².